The molecule has 0 radical (unpaired) electrons. The molecule has 0 saturated heterocycles. The van der Waals surface area contributed by atoms with Crippen molar-refractivity contribution in [2.24, 2.45) is 11.7 Å². The van der Waals surface area contributed by atoms with Gasteiger partial charge < -0.3 is 15.6 Å². The van der Waals surface area contributed by atoms with Gasteiger partial charge in [-0.15, -0.1) is 0 Å². The number of halogens is 2. The van der Waals surface area contributed by atoms with Crippen LogP contribution in [0.5, 0.6) is 0 Å². The molecule has 3 rings (SSSR count). The summed E-state index contributed by atoms with van der Waals surface area (Å²) in [6.07, 6.45) is 0.813. The monoisotopic (exact) mass is 339 g/mol. The van der Waals surface area contributed by atoms with Gasteiger partial charge >= 0.3 is 5.97 Å². The van der Waals surface area contributed by atoms with Crippen molar-refractivity contribution in [3.05, 3.63) is 35.9 Å². The highest BCUT2D eigenvalue weighted by Gasteiger charge is 2.54. The van der Waals surface area contributed by atoms with Gasteiger partial charge in [-0.1, -0.05) is 30.3 Å². The molecule has 0 heterocycles. The summed E-state index contributed by atoms with van der Waals surface area (Å²) in [4.78, 5) is 12.8. The van der Waals surface area contributed by atoms with Crippen LogP contribution in [0.2, 0.25) is 0 Å². The fourth-order valence-electron chi connectivity index (χ4n) is 3.84. The number of benzene rings is 1. The summed E-state index contributed by atoms with van der Waals surface area (Å²) in [5, 5.41) is 11.2. The third-order valence-electron chi connectivity index (χ3n) is 5.22. The third-order valence-corrected chi connectivity index (χ3v) is 5.22. The fraction of sp³-hybridized carbons (Fsp3) is 0.611. The van der Waals surface area contributed by atoms with Gasteiger partial charge in [-0.3, -0.25) is 0 Å². The van der Waals surface area contributed by atoms with Gasteiger partial charge in [0, 0.05) is 24.8 Å². The van der Waals surface area contributed by atoms with E-state index in [0.717, 1.165) is 6.42 Å². The van der Waals surface area contributed by atoms with Crippen molar-refractivity contribution in [3.8, 4) is 0 Å². The Morgan fingerprint density at radius 1 is 1.25 bits per heavy atom. The number of rotatable bonds is 4. The summed E-state index contributed by atoms with van der Waals surface area (Å²) in [6.45, 7) is 0. The summed E-state index contributed by atoms with van der Waals surface area (Å²) >= 11 is 0. The van der Waals surface area contributed by atoms with E-state index >= 15 is 0 Å². The number of carbonyl (C=O) groups excluding carboxylic acids is 1. The van der Waals surface area contributed by atoms with E-state index in [9.17, 15) is 18.7 Å². The summed E-state index contributed by atoms with van der Waals surface area (Å²) < 4.78 is 32.8. The number of aliphatic hydroxyl groups is 1. The average molecular weight is 339 g/mol. The average Bonchev–Trinajstić information content (AvgIpc) is 3.12. The second-order valence-corrected chi connectivity index (χ2v) is 7.03. The smallest absolute Gasteiger partial charge is 0.343 e. The first kappa shape index (κ1) is 17.3. The molecule has 0 amide bonds. The topological polar surface area (TPSA) is 72.5 Å². The van der Waals surface area contributed by atoms with Crippen molar-refractivity contribution in [2.45, 2.75) is 62.2 Å². The Bertz CT molecular complexity index is 595. The van der Waals surface area contributed by atoms with E-state index in [0.29, 0.717) is 18.4 Å². The molecule has 1 aromatic carbocycles. The number of ether oxygens (including phenoxy) is 1. The zero-order valence-electron chi connectivity index (χ0n) is 13.5. The molecule has 2 fully saturated rings. The Morgan fingerprint density at radius 3 is 2.50 bits per heavy atom. The minimum atomic E-state index is -2.86. The molecule has 2 aliphatic carbocycles. The molecule has 0 bridgehead atoms. The number of alkyl halides is 2. The number of nitrogens with two attached hydrogens (primary N) is 1. The van der Waals surface area contributed by atoms with Crippen LogP contribution >= 0.6 is 0 Å². The van der Waals surface area contributed by atoms with Crippen molar-refractivity contribution >= 4 is 5.97 Å². The first-order valence-electron chi connectivity index (χ1n) is 8.43. The lowest BCUT2D eigenvalue weighted by Crippen LogP contribution is -2.45. The maximum Gasteiger partial charge on any atom is 0.343 e. The molecule has 4 atom stereocenters. The van der Waals surface area contributed by atoms with Crippen molar-refractivity contribution in [2.75, 3.05) is 0 Å². The number of hydrogen-bond acceptors (Lipinski definition) is 4. The molecular weight excluding hydrogens is 316 g/mol. The second-order valence-electron chi connectivity index (χ2n) is 7.03. The van der Waals surface area contributed by atoms with Crippen LogP contribution in [0.25, 0.3) is 0 Å². The van der Waals surface area contributed by atoms with Crippen LogP contribution in [0.15, 0.2) is 30.3 Å². The van der Waals surface area contributed by atoms with Gasteiger partial charge in [0.25, 0.3) is 0 Å². The first-order chi connectivity index (χ1) is 11.3. The van der Waals surface area contributed by atoms with Crippen LogP contribution in [-0.2, 0) is 15.1 Å². The minimum Gasteiger partial charge on any atom is -0.460 e. The highest BCUT2D eigenvalue weighted by atomic mass is 19.3. The van der Waals surface area contributed by atoms with E-state index < -0.39 is 29.8 Å². The molecule has 24 heavy (non-hydrogen) atoms. The maximum atomic E-state index is 13.7. The van der Waals surface area contributed by atoms with E-state index in [1.54, 1.807) is 30.3 Å². The zero-order chi connectivity index (χ0) is 17.4. The highest BCUT2D eigenvalue weighted by Crippen LogP contribution is 2.48. The lowest BCUT2D eigenvalue weighted by atomic mass is 9.80. The van der Waals surface area contributed by atoms with Crippen molar-refractivity contribution < 1.29 is 23.4 Å². The Morgan fingerprint density at radius 2 is 1.96 bits per heavy atom. The molecular formula is C18H23F2NO3. The van der Waals surface area contributed by atoms with Gasteiger partial charge in [0.05, 0.1) is 0 Å². The van der Waals surface area contributed by atoms with Gasteiger partial charge in [-0.25, -0.2) is 13.6 Å². The predicted molar refractivity (Wildman–Crippen MR) is 84.3 cm³/mol. The van der Waals surface area contributed by atoms with Gasteiger partial charge in [0.1, 0.15) is 6.10 Å². The minimum absolute atomic E-state index is 0.0246. The van der Waals surface area contributed by atoms with E-state index in [-0.39, 0.29) is 25.0 Å². The van der Waals surface area contributed by atoms with Crippen molar-refractivity contribution in [1.29, 1.82) is 0 Å². The van der Waals surface area contributed by atoms with Crippen LogP contribution in [0, 0.1) is 5.92 Å². The Labute approximate surface area is 140 Å². The second kappa shape index (κ2) is 6.41. The Hall–Kier alpha value is -1.53. The van der Waals surface area contributed by atoms with Crippen LogP contribution in [0.1, 0.15) is 44.1 Å². The predicted octanol–water partition coefficient (Wildman–Crippen LogP) is 2.73. The van der Waals surface area contributed by atoms with Crippen molar-refractivity contribution in [1.82, 2.24) is 0 Å². The molecule has 6 heteroatoms. The maximum absolute atomic E-state index is 13.7. The van der Waals surface area contributed by atoms with Gasteiger partial charge in [0.15, 0.2) is 5.60 Å². The molecule has 2 aliphatic rings. The van der Waals surface area contributed by atoms with Crippen LogP contribution in [-0.4, -0.2) is 29.1 Å². The molecule has 0 aliphatic heterocycles. The summed E-state index contributed by atoms with van der Waals surface area (Å²) in [7, 11) is 0. The van der Waals surface area contributed by atoms with Crippen molar-refractivity contribution in [3.63, 3.8) is 0 Å². The normalized spacial score (nSPS) is 31.6. The summed E-state index contributed by atoms with van der Waals surface area (Å²) in [6, 6.07) is 8.23. The van der Waals surface area contributed by atoms with Gasteiger partial charge in [-0.2, -0.15) is 0 Å². The van der Waals surface area contributed by atoms with E-state index in [1.165, 1.54) is 0 Å². The van der Waals surface area contributed by atoms with Crippen LogP contribution < -0.4 is 5.73 Å². The molecule has 0 aromatic heterocycles. The lowest BCUT2D eigenvalue weighted by molar-refractivity contribution is -0.180. The molecule has 1 aromatic rings. The standard InChI is InChI=1S/C18H23F2NO3/c19-17(20)9-8-13(11-17)18(23,12-4-2-1-3-5-12)16(22)24-15-7-6-14(21)10-15/h1-5,13-15,23H,6-11,21H2/t13-,14+,15?,18+/m1/s1. The van der Waals surface area contributed by atoms with E-state index in [1.807, 2.05) is 0 Å². The number of hydrogen-bond donors (Lipinski definition) is 2. The molecule has 4 nitrogen and oxygen atoms in total. The zero-order valence-corrected chi connectivity index (χ0v) is 13.5. The SMILES string of the molecule is N[C@H]1CCC(OC(=O)[C@](O)(c2ccccc2)[C@@H]2CCC(F)(F)C2)C1. The molecule has 1 unspecified atom stereocenters. The van der Waals surface area contributed by atoms with Crippen LogP contribution in [0.3, 0.4) is 0 Å². The van der Waals surface area contributed by atoms with Gasteiger partial charge in [-0.05, 0) is 31.2 Å². The van der Waals surface area contributed by atoms with E-state index in [2.05, 4.69) is 0 Å². The number of esters is 1. The molecule has 2 saturated carbocycles. The summed E-state index contributed by atoms with van der Waals surface area (Å²) in [5.41, 5.74) is 4.08. The summed E-state index contributed by atoms with van der Waals surface area (Å²) in [5.74, 6) is -4.56. The largest absolute Gasteiger partial charge is 0.460 e. The fourth-order valence-corrected chi connectivity index (χ4v) is 3.84. The lowest BCUT2D eigenvalue weighted by Gasteiger charge is -2.33. The quantitative estimate of drug-likeness (QED) is 0.828. The van der Waals surface area contributed by atoms with Gasteiger partial charge in [0.2, 0.25) is 5.92 Å². The highest BCUT2D eigenvalue weighted by molar-refractivity contribution is 5.82. The van der Waals surface area contributed by atoms with E-state index in [4.69, 9.17) is 10.5 Å². The van der Waals surface area contributed by atoms with Crippen LogP contribution in [0.4, 0.5) is 8.78 Å². The molecule has 132 valence electrons. The first-order valence-corrected chi connectivity index (χ1v) is 8.43. The third kappa shape index (κ3) is 3.30. The Balaban J connectivity index is 1.86. The Kier molecular flexibility index (Phi) is 4.62. The molecule has 0 spiro atoms. The molecule has 3 N–H and O–H groups in total. The number of carbonyl (C=O) groups is 1.